The summed E-state index contributed by atoms with van der Waals surface area (Å²) < 4.78 is 24.9. The Morgan fingerprint density at radius 2 is 2.15 bits per heavy atom. The van der Waals surface area contributed by atoms with Crippen molar-refractivity contribution in [2.45, 2.75) is 13.0 Å². The molecule has 1 aromatic carbocycles. The summed E-state index contributed by atoms with van der Waals surface area (Å²) in [5.74, 6) is 0. The van der Waals surface area contributed by atoms with Crippen LogP contribution in [0.15, 0.2) is 29.1 Å². The van der Waals surface area contributed by atoms with Gasteiger partial charge in [-0.25, -0.2) is 13.4 Å². The number of hydrogen-bond acceptors (Lipinski definition) is 5. The van der Waals surface area contributed by atoms with E-state index >= 15 is 0 Å². The summed E-state index contributed by atoms with van der Waals surface area (Å²) in [6, 6.07) is 4.90. The summed E-state index contributed by atoms with van der Waals surface area (Å²) >= 11 is 7.63. The lowest BCUT2D eigenvalue weighted by Gasteiger charge is -2.15. The van der Waals surface area contributed by atoms with E-state index < -0.39 is 10.0 Å². The summed E-state index contributed by atoms with van der Waals surface area (Å²) in [6.07, 6.45) is 1.10. The molecule has 2 N–H and O–H groups in total. The van der Waals surface area contributed by atoms with Gasteiger partial charge in [-0.3, -0.25) is 4.72 Å². The van der Waals surface area contributed by atoms with Crippen LogP contribution in [-0.4, -0.2) is 19.7 Å². The van der Waals surface area contributed by atoms with Gasteiger partial charge in [-0.15, -0.1) is 11.3 Å². The van der Waals surface area contributed by atoms with E-state index in [9.17, 15) is 8.42 Å². The van der Waals surface area contributed by atoms with E-state index in [-0.39, 0.29) is 6.04 Å². The highest BCUT2D eigenvalue weighted by Gasteiger charge is 2.11. The minimum Gasteiger partial charge on any atom is -0.376 e. The molecule has 0 saturated heterocycles. The van der Waals surface area contributed by atoms with Crippen molar-refractivity contribution in [1.82, 2.24) is 4.98 Å². The Balaban J connectivity index is 2.20. The van der Waals surface area contributed by atoms with Crippen LogP contribution in [0, 0.1) is 0 Å². The van der Waals surface area contributed by atoms with Gasteiger partial charge >= 0.3 is 0 Å². The van der Waals surface area contributed by atoms with Crippen molar-refractivity contribution in [2.24, 2.45) is 0 Å². The quantitative estimate of drug-likeness (QED) is 0.881. The van der Waals surface area contributed by atoms with E-state index in [1.165, 1.54) is 11.3 Å². The van der Waals surface area contributed by atoms with E-state index in [1.54, 1.807) is 23.7 Å². The highest BCUT2D eigenvalue weighted by atomic mass is 35.5. The monoisotopic (exact) mass is 331 g/mol. The fourth-order valence-electron chi connectivity index (χ4n) is 1.66. The van der Waals surface area contributed by atoms with Crippen molar-refractivity contribution < 1.29 is 8.42 Å². The standard InChI is InChI=1S/C12H14ClN3O2S2/c1-8(12-6-19-7-14-12)15-11-5-9(3-4-10(11)13)16-20(2,17)18/h3-8,15-16H,1-2H3. The maximum atomic E-state index is 11.2. The van der Waals surface area contributed by atoms with Crippen molar-refractivity contribution in [3.63, 3.8) is 0 Å². The van der Waals surface area contributed by atoms with Gasteiger partial charge in [0.05, 0.1) is 39.9 Å². The summed E-state index contributed by atoms with van der Waals surface area (Å²) in [6.45, 7) is 1.96. The van der Waals surface area contributed by atoms with Crippen LogP contribution < -0.4 is 10.0 Å². The zero-order chi connectivity index (χ0) is 14.8. The average Bonchev–Trinajstić information content (AvgIpc) is 2.85. The van der Waals surface area contributed by atoms with Gasteiger partial charge in [0.1, 0.15) is 0 Å². The number of aromatic nitrogens is 1. The van der Waals surface area contributed by atoms with Crippen molar-refractivity contribution in [3.8, 4) is 0 Å². The van der Waals surface area contributed by atoms with E-state index in [4.69, 9.17) is 11.6 Å². The van der Waals surface area contributed by atoms with Crippen molar-refractivity contribution in [3.05, 3.63) is 39.8 Å². The fraction of sp³-hybridized carbons (Fsp3) is 0.250. The number of nitrogens with one attached hydrogen (secondary N) is 2. The lowest BCUT2D eigenvalue weighted by atomic mass is 10.2. The van der Waals surface area contributed by atoms with Gasteiger partial charge in [0.25, 0.3) is 0 Å². The van der Waals surface area contributed by atoms with Crippen molar-refractivity contribution in [1.29, 1.82) is 0 Å². The molecule has 2 aromatic rings. The molecule has 1 unspecified atom stereocenters. The Bertz CT molecular complexity index is 687. The predicted molar refractivity (Wildman–Crippen MR) is 84.1 cm³/mol. The Morgan fingerprint density at radius 3 is 2.75 bits per heavy atom. The number of rotatable bonds is 5. The third kappa shape index (κ3) is 4.09. The summed E-state index contributed by atoms with van der Waals surface area (Å²) in [4.78, 5) is 4.23. The van der Waals surface area contributed by atoms with Gasteiger partial charge in [-0.05, 0) is 25.1 Å². The van der Waals surface area contributed by atoms with Crippen LogP contribution >= 0.6 is 22.9 Å². The maximum absolute atomic E-state index is 11.2. The second-order valence-corrected chi connectivity index (χ2v) is 7.22. The van der Waals surface area contributed by atoms with Crippen LogP contribution in [-0.2, 0) is 10.0 Å². The third-order valence-electron chi connectivity index (χ3n) is 2.54. The van der Waals surface area contributed by atoms with Crippen LogP contribution in [0.5, 0.6) is 0 Å². The van der Waals surface area contributed by atoms with E-state index in [0.29, 0.717) is 16.4 Å². The second kappa shape index (κ2) is 5.99. The lowest BCUT2D eigenvalue weighted by molar-refractivity contribution is 0.607. The first kappa shape index (κ1) is 15.1. The molecule has 0 bridgehead atoms. The molecule has 0 radical (unpaired) electrons. The van der Waals surface area contributed by atoms with Crippen LogP contribution in [0.25, 0.3) is 0 Å². The molecule has 108 valence electrons. The molecule has 0 aliphatic rings. The van der Waals surface area contributed by atoms with Crippen molar-refractivity contribution in [2.75, 3.05) is 16.3 Å². The van der Waals surface area contributed by atoms with Gasteiger partial charge in [-0.1, -0.05) is 11.6 Å². The predicted octanol–water partition coefficient (Wildman–Crippen LogP) is 3.34. The van der Waals surface area contributed by atoms with Crippen LogP contribution in [0.2, 0.25) is 5.02 Å². The normalized spacial score (nSPS) is 12.9. The molecule has 20 heavy (non-hydrogen) atoms. The number of halogens is 1. The van der Waals surface area contributed by atoms with Crippen molar-refractivity contribution >= 4 is 44.3 Å². The third-order valence-corrected chi connectivity index (χ3v) is 4.08. The molecule has 0 aliphatic carbocycles. The highest BCUT2D eigenvalue weighted by Crippen LogP contribution is 2.29. The van der Waals surface area contributed by atoms with Crippen LogP contribution in [0.4, 0.5) is 11.4 Å². The molecule has 0 spiro atoms. The smallest absolute Gasteiger partial charge is 0.229 e. The Labute approximate surface area is 127 Å². The number of thiazole rings is 1. The minimum absolute atomic E-state index is 0.0211. The highest BCUT2D eigenvalue weighted by molar-refractivity contribution is 7.92. The van der Waals surface area contributed by atoms with Gasteiger partial charge in [-0.2, -0.15) is 0 Å². The molecule has 0 fully saturated rings. The molecule has 0 saturated carbocycles. The number of nitrogens with zero attached hydrogens (tertiary/aromatic N) is 1. The minimum atomic E-state index is -3.31. The zero-order valence-electron chi connectivity index (χ0n) is 10.9. The lowest BCUT2D eigenvalue weighted by Crippen LogP contribution is -2.11. The number of anilines is 2. The summed E-state index contributed by atoms with van der Waals surface area (Å²) in [5.41, 5.74) is 3.79. The first-order valence-corrected chi connectivity index (χ1v) is 8.98. The fourth-order valence-corrected chi connectivity index (χ4v) is 3.03. The van der Waals surface area contributed by atoms with E-state index in [2.05, 4.69) is 15.0 Å². The molecular formula is C12H14ClN3O2S2. The zero-order valence-corrected chi connectivity index (χ0v) is 13.3. The second-order valence-electron chi connectivity index (χ2n) is 4.35. The Kier molecular flexibility index (Phi) is 4.52. The van der Waals surface area contributed by atoms with E-state index in [1.807, 2.05) is 12.3 Å². The summed E-state index contributed by atoms with van der Waals surface area (Å²) in [7, 11) is -3.31. The molecule has 1 atom stereocenters. The topological polar surface area (TPSA) is 71.1 Å². The van der Waals surface area contributed by atoms with Gasteiger partial charge in [0.15, 0.2) is 0 Å². The van der Waals surface area contributed by atoms with Crippen LogP contribution in [0.1, 0.15) is 18.7 Å². The van der Waals surface area contributed by atoms with Gasteiger partial charge in [0, 0.05) is 5.38 Å². The number of sulfonamides is 1. The maximum Gasteiger partial charge on any atom is 0.229 e. The van der Waals surface area contributed by atoms with Gasteiger partial charge in [0.2, 0.25) is 10.0 Å². The molecule has 0 amide bonds. The molecule has 8 heteroatoms. The molecule has 5 nitrogen and oxygen atoms in total. The Hall–Kier alpha value is -1.31. The van der Waals surface area contributed by atoms with E-state index in [0.717, 1.165) is 11.9 Å². The largest absolute Gasteiger partial charge is 0.376 e. The molecule has 1 heterocycles. The van der Waals surface area contributed by atoms with Crippen LogP contribution in [0.3, 0.4) is 0 Å². The first-order valence-electron chi connectivity index (χ1n) is 5.77. The summed E-state index contributed by atoms with van der Waals surface area (Å²) in [5, 5.41) is 5.68. The number of hydrogen-bond donors (Lipinski definition) is 2. The molecular weight excluding hydrogens is 318 g/mol. The molecule has 0 aliphatic heterocycles. The Morgan fingerprint density at radius 1 is 1.40 bits per heavy atom. The molecule has 1 aromatic heterocycles. The average molecular weight is 332 g/mol. The van der Waals surface area contributed by atoms with Gasteiger partial charge < -0.3 is 5.32 Å². The number of benzene rings is 1. The first-order chi connectivity index (χ1) is 9.35. The molecule has 2 rings (SSSR count). The SMILES string of the molecule is CC(Nc1cc(NS(C)(=O)=O)ccc1Cl)c1cscn1.